The van der Waals surface area contributed by atoms with Crippen LogP contribution in [0, 0.1) is 4.91 Å². The van der Waals surface area contributed by atoms with E-state index in [2.05, 4.69) is 11.6 Å². The predicted octanol–water partition coefficient (Wildman–Crippen LogP) is 2.06. The molecule has 0 aliphatic rings. The van der Waals surface area contributed by atoms with Crippen molar-refractivity contribution in [2.75, 3.05) is 0 Å². The van der Waals surface area contributed by atoms with E-state index in [0.717, 1.165) is 0 Å². The van der Waals surface area contributed by atoms with Gasteiger partial charge in [0.15, 0.2) is 0 Å². The molecule has 0 N–H and O–H groups in total. The third-order valence-corrected chi connectivity index (χ3v) is 0.448. The molecule has 40 valence electrons. The Hall–Kier alpha value is -0.510. The Kier molecular flexibility index (Phi) is 2.44. The van der Waals surface area contributed by atoms with Gasteiger partial charge in [0.1, 0.15) is 0 Å². The maximum Gasteiger partial charge on any atom is 0.310 e. The lowest BCUT2D eigenvalue weighted by molar-refractivity contribution is 0.416. The first-order valence-electron chi connectivity index (χ1n) is 1.22. The van der Waals surface area contributed by atoms with E-state index in [-0.39, 0.29) is 0 Å². The Labute approximate surface area is 42.7 Å². The van der Waals surface area contributed by atoms with Crippen LogP contribution in [0.15, 0.2) is 16.4 Å². The van der Waals surface area contributed by atoms with Crippen LogP contribution in [0.5, 0.6) is 0 Å². The van der Waals surface area contributed by atoms with Gasteiger partial charge in [-0.2, -0.15) is 8.78 Å². The second-order valence-electron chi connectivity index (χ2n) is 0.643. The zero-order chi connectivity index (χ0) is 5.86. The molecule has 0 spiro atoms. The van der Waals surface area contributed by atoms with Gasteiger partial charge in [-0.15, -0.1) is 4.91 Å². The molecule has 0 aromatic heterocycles. The Morgan fingerprint density at radius 2 is 2.00 bits per heavy atom. The highest BCUT2D eigenvalue weighted by molar-refractivity contribution is 6.29. The third kappa shape index (κ3) is 2.22. The second-order valence-corrected chi connectivity index (χ2v) is 1.00. The largest absolute Gasteiger partial charge is 0.310 e. The molecular weight excluding hydrogens is 127 g/mol. The fourth-order valence-corrected chi connectivity index (χ4v) is 0.0345. The number of halogens is 3. The minimum absolute atomic E-state index is 1.28. The maximum atomic E-state index is 10.9. The van der Waals surface area contributed by atoms with E-state index in [4.69, 9.17) is 4.91 Å². The van der Waals surface area contributed by atoms with Gasteiger partial charge in [-0.3, -0.25) is 0 Å². The highest BCUT2D eigenvalue weighted by Gasteiger charge is 1.98. The van der Waals surface area contributed by atoms with Crippen molar-refractivity contribution >= 4 is 11.6 Å². The van der Waals surface area contributed by atoms with Crippen LogP contribution >= 0.6 is 11.6 Å². The van der Waals surface area contributed by atoms with Crippen molar-refractivity contribution in [2.45, 2.75) is 0 Å². The lowest BCUT2D eigenvalue weighted by atomic mass is 11.0. The van der Waals surface area contributed by atoms with Crippen molar-refractivity contribution in [3.8, 4) is 0 Å². The van der Waals surface area contributed by atoms with Gasteiger partial charge in [0.05, 0.1) is 0 Å². The first-order valence-corrected chi connectivity index (χ1v) is 1.60. The molecule has 0 amide bonds. The average Bonchev–Trinajstić information content (AvgIpc) is 1.65. The van der Waals surface area contributed by atoms with Crippen LogP contribution in [0.1, 0.15) is 0 Å². The Bertz CT molecular complexity index is 108. The Morgan fingerprint density at radius 1 is 1.57 bits per heavy atom. The standard InChI is InChI=1S/C2ClF2NO/c3-1(6-7)2(4)5. The molecule has 0 saturated heterocycles. The molecule has 0 fully saturated rings. The van der Waals surface area contributed by atoms with Crippen LogP contribution < -0.4 is 0 Å². The molecule has 2 nitrogen and oxygen atoms in total. The summed E-state index contributed by atoms with van der Waals surface area (Å²) >= 11 is 4.45. The number of nitroso groups, excluding NO2 is 1. The molecule has 0 radical (unpaired) electrons. The summed E-state index contributed by atoms with van der Waals surface area (Å²) in [7, 11) is 0. The first-order chi connectivity index (χ1) is 3.18. The van der Waals surface area contributed by atoms with E-state index in [1.54, 1.807) is 5.18 Å². The predicted molar refractivity (Wildman–Crippen MR) is 20.9 cm³/mol. The summed E-state index contributed by atoms with van der Waals surface area (Å²) in [5, 5.41) is 0.455. The molecule has 0 bridgehead atoms. The van der Waals surface area contributed by atoms with Gasteiger partial charge in [0.25, 0.3) is 0 Å². The minimum atomic E-state index is -2.25. The van der Waals surface area contributed by atoms with E-state index in [1.165, 1.54) is 0 Å². The van der Waals surface area contributed by atoms with Crippen LogP contribution in [-0.4, -0.2) is 0 Å². The van der Waals surface area contributed by atoms with Crippen LogP contribution in [0.3, 0.4) is 0 Å². The molecular formula is C2ClF2NO. The van der Waals surface area contributed by atoms with Crippen molar-refractivity contribution in [3.63, 3.8) is 0 Å². The Balaban J connectivity index is 3.98. The zero-order valence-electron chi connectivity index (χ0n) is 2.99. The molecule has 0 unspecified atom stereocenters. The number of nitrogens with zero attached hydrogens (tertiary/aromatic N) is 1. The SMILES string of the molecule is O=NC(Cl)=C(F)F. The maximum absolute atomic E-state index is 10.9. The van der Waals surface area contributed by atoms with E-state index >= 15 is 0 Å². The highest BCUT2D eigenvalue weighted by atomic mass is 35.5. The lowest BCUT2D eigenvalue weighted by Gasteiger charge is -1.73. The van der Waals surface area contributed by atoms with Gasteiger partial charge in [0, 0.05) is 0 Å². The Morgan fingerprint density at radius 3 is 2.00 bits per heavy atom. The monoisotopic (exact) mass is 127 g/mol. The average molecular weight is 127 g/mol. The molecule has 0 saturated carbocycles. The second kappa shape index (κ2) is 2.63. The van der Waals surface area contributed by atoms with Gasteiger partial charge >= 0.3 is 6.08 Å². The fraction of sp³-hybridized carbons (Fsp3) is 0. The summed E-state index contributed by atoms with van der Waals surface area (Å²) in [5.41, 5.74) is 0. The molecule has 5 heteroatoms. The molecule has 7 heavy (non-hydrogen) atoms. The van der Waals surface area contributed by atoms with Crippen LogP contribution in [0.2, 0.25) is 0 Å². The molecule has 0 aromatic rings. The van der Waals surface area contributed by atoms with E-state index in [0.29, 0.717) is 0 Å². The topological polar surface area (TPSA) is 29.4 Å². The van der Waals surface area contributed by atoms with E-state index in [1.807, 2.05) is 0 Å². The number of hydrogen-bond donors (Lipinski definition) is 0. The van der Waals surface area contributed by atoms with Crippen LogP contribution in [0.25, 0.3) is 0 Å². The summed E-state index contributed by atoms with van der Waals surface area (Å²) in [6.45, 7) is 0. The summed E-state index contributed by atoms with van der Waals surface area (Å²) in [6.07, 6.45) is -2.25. The third-order valence-electron chi connectivity index (χ3n) is 0.236. The van der Waals surface area contributed by atoms with Crippen molar-refractivity contribution in [2.24, 2.45) is 5.18 Å². The van der Waals surface area contributed by atoms with Gasteiger partial charge in [-0.05, 0) is 5.18 Å². The van der Waals surface area contributed by atoms with Gasteiger partial charge in [-0.1, -0.05) is 11.6 Å². The van der Waals surface area contributed by atoms with Gasteiger partial charge in [-0.25, -0.2) is 0 Å². The van der Waals surface area contributed by atoms with Crippen molar-refractivity contribution in [1.29, 1.82) is 0 Å². The summed E-state index contributed by atoms with van der Waals surface area (Å²) < 4.78 is 21.8. The molecule has 0 aromatic carbocycles. The lowest BCUT2D eigenvalue weighted by Crippen LogP contribution is -1.60. The molecule has 0 heterocycles. The first kappa shape index (κ1) is 6.49. The summed E-state index contributed by atoms with van der Waals surface area (Å²) in [6, 6.07) is 0. The van der Waals surface area contributed by atoms with Crippen molar-refractivity contribution in [3.05, 3.63) is 16.1 Å². The van der Waals surface area contributed by atoms with E-state index in [9.17, 15) is 8.78 Å². The van der Waals surface area contributed by atoms with Crippen molar-refractivity contribution < 1.29 is 8.78 Å². The molecule has 0 rings (SSSR count). The quantitative estimate of drug-likeness (QED) is 0.392. The zero-order valence-corrected chi connectivity index (χ0v) is 3.75. The number of rotatable bonds is 1. The molecule has 0 aliphatic heterocycles. The number of hydrogen-bond acceptors (Lipinski definition) is 2. The highest BCUT2D eigenvalue weighted by Crippen LogP contribution is 2.11. The van der Waals surface area contributed by atoms with Crippen LogP contribution in [-0.2, 0) is 0 Å². The molecule has 0 aliphatic carbocycles. The van der Waals surface area contributed by atoms with Crippen LogP contribution in [0.4, 0.5) is 8.78 Å². The van der Waals surface area contributed by atoms with Gasteiger partial charge in [0.2, 0.25) is 5.16 Å². The smallest absolute Gasteiger partial charge is 0.170 e. The molecule has 0 atom stereocenters. The van der Waals surface area contributed by atoms with Crippen molar-refractivity contribution in [1.82, 2.24) is 0 Å². The summed E-state index contributed by atoms with van der Waals surface area (Å²) in [5.74, 6) is 0. The van der Waals surface area contributed by atoms with E-state index < -0.39 is 11.2 Å². The normalized spacial score (nSPS) is 7.86. The van der Waals surface area contributed by atoms with Gasteiger partial charge < -0.3 is 0 Å². The summed E-state index contributed by atoms with van der Waals surface area (Å²) in [4.78, 5) is 9.03. The minimum Gasteiger partial charge on any atom is -0.170 e. The fourth-order valence-electron chi connectivity index (χ4n) is 0.0345.